The molecule has 0 bridgehead atoms. The zero-order valence-electron chi connectivity index (χ0n) is 11.0. The maximum Gasteiger partial charge on any atom is 0.0653 e. The summed E-state index contributed by atoms with van der Waals surface area (Å²) in [6.45, 7) is 3.01. The summed E-state index contributed by atoms with van der Waals surface area (Å²) in [5.74, 6) is 0. The number of hydrogen-bond donors (Lipinski definition) is 1. The van der Waals surface area contributed by atoms with E-state index in [-0.39, 0.29) is 0 Å². The van der Waals surface area contributed by atoms with Crippen LogP contribution >= 0.6 is 0 Å². The smallest absolute Gasteiger partial charge is 0.0653 e. The van der Waals surface area contributed by atoms with Crippen LogP contribution in [0.4, 0.5) is 5.69 Å². The second kappa shape index (κ2) is 5.59. The Bertz CT molecular complexity index is 532. The molecule has 0 unspecified atom stereocenters. The van der Waals surface area contributed by atoms with Gasteiger partial charge in [0, 0.05) is 5.69 Å². The van der Waals surface area contributed by atoms with Crippen LogP contribution in [0.15, 0.2) is 30.4 Å². The predicted octanol–water partition coefficient (Wildman–Crippen LogP) is 2.88. The summed E-state index contributed by atoms with van der Waals surface area (Å²) < 4.78 is 10.8. The highest BCUT2D eigenvalue weighted by molar-refractivity contribution is 5.82. The summed E-state index contributed by atoms with van der Waals surface area (Å²) in [5, 5.41) is 0. The van der Waals surface area contributed by atoms with E-state index in [4.69, 9.17) is 15.2 Å². The first-order chi connectivity index (χ1) is 9.34. The van der Waals surface area contributed by atoms with Crippen molar-refractivity contribution in [2.24, 2.45) is 0 Å². The quantitative estimate of drug-likeness (QED) is 0.829. The van der Waals surface area contributed by atoms with Gasteiger partial charge in [0.05, 0.1) is 26.4 Å². The molecule has 3 nitrogen and oxygen atoms in total. The second-order valence-electron chi connectivity index (χ2n) is 4.91. The minimum Gasteiger partial charge on any atom is -0.399 e. The van der Waals surface area contributed by atoms with Crippen molar-refractivity contribution in [1.82, 2.24) is 0 Å². The van der Waals surface area contributed by atoms with Gasteiger partial charge in [-0.25, -0.2) is 0 Å². The van der Waals surface area contributed by atoms with E-state index < -0.39 is 0 Å². The molecule has 2 N–H and O–H groups in total. The number of anilines is 1. The standard InChI is InChI=1S/C16H19NO2/c17-14-1-2-15(12-3-7-18-8-4-12)16(11-14)13-5-9-19-10-6-13/h1-3,5,11H,4,6-10,17H2. The molecule has 0 saturated heterocycles. The van der Waals surface area contributed by atoms with Crippen molar-refractivity contribution < 1.29 is 9.47 Å². The van der Waals surface area contributed by atoms with Crippen molar-refractivity contribution in [3.63, 3.8) is 0 Å². The van der Waals surface area contributed by atoms with Gasteiger partial charge in [-0.2, -0.15) is 0 Å². The Balaban J connectivity index is 2.03. The zero-order valence-corrected chi connectivity index (χ0v) is 11.0. The Labute approximate surface area is 113 Å². The molecule has 0 amide bonds. The summed E-state index contributed by atoms with van der Waals surface area (Å²) in [7, 11) is 0. The van der Waals surface area contributed by atoms with E-state index in [1.165, 1.54) is 22.3 Å². The summed E-state index contributed by atoms with van der Waals surface area (Å²) in [4.78, 5) is 0. The van der Waals surface area contributed by atoms with Gasteiger partial charge >= 0.3 is 0 Å². The molecule has 0 spiro atoms. The number of nitrogens with two attached hydrogens (primary N) is 1. The Kier molecular flexibility index (Phi) is 3.67. The third-order valence-electron chi connectivity index (χ3n) is 3.66. The topological polar surface area (TPSA) is 44.5 Å². The number of ether oxygens (including phenoxy) is 2. The van der Waals surface area contributed by atoms with E-state index in [0.717, 1.165) is 31.7 Å². The Morgan fingerprint density at radius 3 is 2.05 bits per heavy atom. The van der Waals surface area contributed by atoms with E-state index in [2.05, 4.69) is 24.3 Å². The second-order valence-corrected chi connectivity index (χ2v) is 4.91. The lowest BCUT2D eigenvalue weighted by Gasteiger charge is -2.21. The molecule has 0 radical (unpaired) electrons. The number of rotatable bonds is 2. The van der Waals surface area contributed by atoms with E-state index in [0.29, 0.717) is 13.2 Å². The fourth-order valence-corrected chi connectivity index (χ4v) is 2.65. The first kappa shape index (κ1) is 12.5. The van der Waals surface area contributed by atoms with Gasteiger partial charge in [-0.1, -0.05) is 18.2 Å². The van der Waals surface area contributed by atoms with Crippen LogP contribution in [0.5, 0.6) is 0 Å². The number of benzene rings is 1. The predicted molar refractivity (Wildman–Crippen MR) is 77.7 cm³/mol. The minimum atomic E-state index is 0.700. The van der Waals surface area contributed by atoms with Gasteiger partial charge in [0.25, 0.3) is 0 Å². The van der Waals surface area contributed by atoms with Crippen LogP contribution in [-0.4, -0.2) is 26.4 Å². The van der Waals surface area contributed by atoms with E-state index in [1.807, 2.05) is 6.07 Å². The first-order valence-corrected chi connectivity index (χ1v) is 6.78. The Hall–Kier alpha value is -1.58. The lowest BCUT2D eigenvalue weighted by atomic mass is 9.90. The third kappa shape index (κ3) is 2.72. The minimum absolute atomic E-state index is 0.700. The molecule has 0 atom stereocenters. The average Bonchev–Trinajstić information content (AvgIpc) is 2.49. The molecule has 100 valence electrons. The van der Waals surface area contributed by atoms with Gasteiger partial charge in [0.2, 0.25) is 0 Å². The summed E-state index contributed by atoms with van der Waals surface area (Å²) in [6.07, 6.45) is 6.28. The van der Waals surface area contributed by atoms with Crippen molar-refractivity contribution in [2.75, 3.05) is 32.2 Å². The van der Waals surface area contributed by atoms with Crippen molar-refractivity contribution in [2.45, 2.75) is 12.8 Å². The van der Waals surface area contributed by atoms with Gasteiger partial charge < -0.3 is 15.2 Å². The largest absolute Gasteiger partial charge is 0.399 e. The Morgan fingerprint density at radius 2 is 1.47 bits per heavy atom. The molecule has 2 aliphatic heterocycles. The zero-order chi connectivity index (χ0) is 13.1. The molecule has 0 fully saturated rings. The summed E-state index contributed by atoms with van der Waals surface area (Å²) in [5.41, 5.74) is 12.1. The molecule has 0 saturated carbocycles. The van der Waals surface area contributed by atoms with Crippen LogP contribution in [0.25, 0.3) is 11.1 Å². The van der Waals surface area contributed by atoms with Crippen LogP contribution in [-0.2, 0) is 9.47 Å². The number of nitrogen functional groups attached to an aromatic ring is 1. The molecule has 1 aromatic carbocycles. The first-order valence-electron chi connectivity index (χ1n) is 6.78. The van der Waals surface area contributed by atoms with Crippen LogP contribution in [0.2, 0.25) is 0 Å². The highest BCUT2D eigenvalue weighted by Gasteiger charge is 2.15. The fraction of sp³-hybridized carbons (Fsp3) is 0.375. The molecule has 0 aliphatic carbocycles. The fourth-order valence-electron chi connectivity index (χ4n) is 2.65. The van der Waals surface area contributed by atoms with Gasteiger partial charge in [-0.05, 0) is 47.2 Å². The van der Waals surface area contributed by atoms with Crippen molar-refractivity contribution in [1.29, 1.82) is 0 Å². The van der Waals surface area contributed by atoms with Gasteiger partial charge in [0.1, 0.15) is 0 Å². The van der Waals surface area contributed by atoms with Gasteiger partial charge in [-0.3, -0.25) is 0 Å². The molecule has 19 heavy (non-hydrogen) atoms. The van der Waals surface area contributed by atoms with Crippen LogP contribution < -0.4 is 5.73 Å². The van der Waals surface area contributed by atoms with E-state index in [1.54, 1.807) is 0 Å². The van der Waals surface area contributed by atoms with E-state index >= 15 is 0 Å². The summed E-state index contributed by atoms with van der Waals surface area (Å²) in [6, 6.07) is 6.20. The maximum atomic E-state index is 5.96. The monoisotopic (exact) mass is 257 g/mol. The highest BCUT2D eigenvalue weighted by Crippen LogP contribution is 2.32. The lowest BCUT2D eigenvalue weighted by molar-refractivity contribution is 0.161. The lowest BCUT2D eigenvalue weighted by Crippen LogP contribution is -2.08. The molecule has 2 heterocycles. The van der Waals surface area contributed by atoms with E-state index in [9.17, 15) is 0 Å². The molecule has 2 aliphatic rings. The van der Waals surface area contributed by atoms with Gasteiger partial charge in [0.15, 0.2) is 0 Å². The molecular formula is C16H19NO2. The maximum absolute atomic E-state index is 5.96. The van der Waals surface area contributed by atoms with Crippen LogP contribution in [0.1, 0.15) is 24.0 Å². The normalized spacial score (nSPS) is 19.8. The molecule has 3 rings (SSSR count). The van der Waals surface area contributed by atoms with Crippen molar-refractivity contribution >= 4 is 16.8 Å². The van der Waals surface area contributed by atoms with Crippen molar-refractivity contribution in [3.05, 3.63) is 41.5 Å². The number of hydrogen-bond acceptors (Lipinski definition) is 3. The average molecular weight is 257 g/mol. The highest BCUT2D eigenvalue weighted by atomic mass is 16.5. The third-order valence-corrected chi connectivity index (χ3v) is 3.66. The van der Waals surface area contributed by atoms with Crippen LogP contribution in [0.3, 0.4) is 0 Å². The molecular weight excluding hydrogens is 238 g/mol. The van der Waals surface area contributed by atoms with Gasteiger partial charge in [-0.15, -0.1) is 0 Å². The van der Waals surface area contributed by atoms with Crippen molar-refractivity contribution in [3.8, 4) is 0 Å². The summed E-state index contributed by atoms with van der Waals surface area (Å²) >= 11 is 0. The van der Waals surface area contributed by atoms with Crippen LogP contribution in [0, 0.1) is 0 Å². The Morgan fingerprint density at radius 1 is 0.842 bits per heavy atom. The molecule has 0 aromatic heterocycles. The molecule has 1 aromatic rings. The SMILES string of the molecule is Nc1ccc(C2=CCOCC2)c(C2=CCOCC2)c1. The molecule has 3 heteroatoms.